The summed E-state index contributed by atoms with van der Waals surface area (Å²) < 4.78 is 61.2. The lowest BCUT2D eigenvalue weighted by atomic mass is 10.1. The summed E-state index contributed by atoms with van der Waals surface area (Å²) in [5.74, 6) is 6.55. The quantitative estimate of drug-likeness (QED) is 0.448. The standard InChI is InChI=1S/C27H35N5O6S2/c1-5-6-22-19-31(40(36,37)24-13-14-25(28-18-24)30-26(33)38-27(2,3)4)15-16-32(22)21-9-11-23(12-10-21)39(34,35)29-17-20-7-8-20/h9-14,18,20,22,29H,7-8,15-17,19H2,1-4H3,(H,28,30,33)/t22-/m0/s1. The van der Waals surface area contributed by atoms with Crippen molar-refractivity contribution in [2.24, 2.45) is 5.92 Å². The number of nitrogens with one attached hydrogen (secondary N) is 2. The summed E-state index contributed by atoms with van der Waals surface area (Å²) in [6.45, 7) is 8.02. The first-order valence-electron chi connectivity index (χ1n) is 13.0. The zero-order valence-corrected chi connectivity index (χ0v) is 24.7. The van der Waals surface area contributed by atoms with E-state index in [1.54, 1.807) is 52.0 Å². The number of aromatic nitrogens is 1. The van der Waals surface area contributed by atoms with Crippen LogP contribution in [0.4, 0.5) is 16.3 Å². The fourth-order valence-electron chi connectivity index (χ4n) is 4.19. The van der Waals surface area contributed by atoms with Crippen LogP contribution in [0.2, 0.25) is 0 Å². The number of hydrogen-bond donors (Lipinski definition) is 2. The predicted molar refractivity (Wildman–Crippen MR) is 152 cm³/mol. The van der Waals surface area contributed by atoms with Crippen molar-refractivity contribution in [1.29, 1.82) is 0 Å². The van der Waals surface area contributed by atoms with E-state index < -0.39 is 37.8 Å². The molecule has 2 aromatic rings. The van der Waals surface area contributed by atoms with Crippen molar-refractivity contribution in [3.8, 4) is 11.8 Å². The Morgan fingerprint density at radius 2 is 1.73 bits per heavy atom. The zero-order valence-electron chi connectivity index (χ0n) is 23.0. The molecule has 11 nitrogen and oxygen atoms in total. The Morgan fingerprint density at radius 1 is 1.05 bits per heavy atom. The van der Waals surface area contributed by atoms with E-state index in [4.69, 9.17) is 4.74 Å². The third-order valence-electron chi connectivity index (χ3n) is 6.39. The fourth-order valence-corrected chi connectivity index (χ4v) is 6.69. The molecule has 2 fully saturated rings. The van der Waals surface area contributed by atoms with Gasteiger partial charge >= 0.3 is 6.09 Å². The Bertz CT molecular complexity index is 1490. The lowest BCUT2D eigenvalue weighted by Gasteiger charge is -2.39. The topological polar surface area (TPSA) is 138 Å². The minimum Gasteiger partial charge on any atom is -0.444 e. The Balaban J connectivity index is 1.44. The van der Waals surface area contributed by atoms with Crippen molar-refractivity contribution < 1.29 is 26.4 Å². The van der Waals surface area contributed by atoms with E-state index in [0.29, 0.717) is 19.0 Å². The average Bonchev–Trinajstić information content (AvgIpc) is 3.72. The SMILES string of the molecule is CC#C[C@H]1CN(S(=O)(=O)c2ccc(NC(=O)OC(C)(C)C)nc2)CCN1c1ccc(S(=O)(=O)NCC2CC2)cc1. The van der Waals surface area contributed by atoms with Crippen LogP contribution < -0.4 is 14.9 Å². The Kier molecular flexibility index (Phi) is 8.75. The van der Waals surface area contributed by atoms with Crippen LogP contribution in [0.15, 0.2) is 52.4 Å². The number of nitrogens with zero attached hydrogens (tertiary/aromatic N) is 3. The van der Waals surface area contributed by atoms with E-state index in [1.165, 1.54) is 22.6 Å². The van der Waals surface area contributed by atoms with Gasteiger partial charge in [0.2, 0.25) is 20.0 Å². The highest BCUT2D eigenvalue weighted by Crippen LogP contribution is 2.29. The number of carbonyl (C=O) groups excluding carboxylic acids is 1. The van der Waals surface area contributed by atoms with Gasteiger partial charge in [0.05, 0.1) is 4.90 Å². The molecule has 216 valence electrons. The highest BCUT2D eigenvalue weighted by atomic mass is 32.2. The maximum Gasteiger partial charge on any atom is 0.413 e. The monoisotopic (exact) mass is 589 g/mol. The van der Waals surface area contributed by atoms with E-state index in [0.717, 1.165) is 18.5 Å². The smallest absolute Gasteiger partial charge is 0.413 e. The van der Waals surface area contributed by atoms with Crippen LogP contribution in [0.1, 0.15) is 40.5 Å². The molecule has 0 spiro atoms. The number of ether oxygens (including phenoxy) is 1. The fraction of sp³-hybridized carbons (Fsp3) is 0.481. The van der Waals surface area contributed by atoms with Crippen LogP contribution in [0, 0.1) is 17.8 Å². The first kappa shape index (κ1) is 29.8. The number of hydrogen-bond acceptors (Lipinski definition) is 8. The van der Waals surface area contributed by atoms with Gasteiger partial charge in [0.15, 0.2) is 0 Å². The van der Waals surface area contributed by atoms with Crippen molar-refractivity contribution >= 4 is 37.6 Å². The molecule has 1 saturated heterocycles. The Labute approximate surface area is 236 Å². The number of anilines is 2. The second-order valence-electron chi connectivity index (χ2n) is 10.8. The first-order chi connectivity index (χ1) is 18.8. The average molecular weight is 590 g/mol. The predicted octanol–water partition coefficient (Wildman–Crippen LogP) is 3.02. The van der Waals surface area contributed by atoms with Crippen LogP contribution in [-0.2, 0) is 24.8 Å². The van der Waals surface area contributed by atoms with Crippen LogP contribution in [-0.4, -0.2) is 70.0 Å². The van der Waals surface area contributed by atoms with E-state index in [-0.39, 0.29) is 28.7 Å². The lowest BCUT2D eigenvalue weighted by molar-refractivity contribution is 0.0635. The molecule has 1 aromatic carbocycles. The van der Waals surface area contributed by atoms with E-state index in [1.807, 2.05) is 4.90 Å². The molecule has 1 aliphatic carbocycles. The minimum absolute atomic E-state index is 0.00727. The molecule has 1 aromatic heterocycles. The van der Waals surface area contributed by atoms with Gasteiger partial charge in [-0.05, 0) is 82.9 Å². The maximum absolute atomic E-state index is 13.4. The summed E-state index contributed by atoms with van der Waals surface area (Å²) in [6, 6.07) is 8.92. The van der Waals surface area contributed by atoms with Crippen molar-refractivity contribution in [1.82, 2.24) is 14.0 Å². The number of rotatable bonds is 8. The number of piperazine rings is 1. The molecule has 4 rings (SSSR count). The van der Waals surface area contributed by atoms with Gasteiger partial charge in [0.25, 0.3) is 0 Å². The number of pyridine rings is 1. The van der Waals surface area contributed by atoms with Gasteiger partial charge in [-0.1, -0.05) is 5.92 Å². The molecule has 0 bridgehead atoms. The largest absolute Gasteiger partial charge is 0.444 e. The van der Waals surface area contributed by atoms with Crippen molar-refractivity contribution in [3.05, 3.63) is 42.6 Å². The van der Waals surface area contributed by atoms with Crippen LogP contribution in [0.5, 0.6) is 0 Å². The summed E-state index contributed by atoms with van der Waals surface area (Å²) in [7, 11) is -7.47. The summed E-state index contributed by atoms with van der Waals surface area (Å²) in [6.07, 6.45) is 2.62. The lowest BCUT2D eigenvalue weighted by Crippen LogP contribution is -2.54. The van der Waals surface area contributed by atoms with Gasteiger partial charge in [-0.15, -0.1) is 5.92 Å². The molecular weight excluding hydrogens is 554 g/mol. The Morgan fingerprint density at radius 3 is 2.30 bits per heavy atom. The molecule has 0 unspecified atom stereocenters. The highest BCUT2D eigenvalue weighted by Gasteiger charge is 2.34. The van der Waals surface area contributed by atoms with Gasteiger partial charge in [-0.2, -0.15) is 4.31 Å². The summed E-state index contributed by atoms with van der Waals surface area (Å²) in [4.78, 5) is 18.2. The van der Waals surface area contributed by atoms with Crippen LogP contribution in [0.3, 0.4) is 0 Å². The zero-order chi connectivity index (χ0) is 29.1. The van der Waals surface area contributed by atoms with E-state index in [2.05, 4.69) is 26.9 Å². The second-order valence-corrected chi connectivity index (χ2v) is 14.5. The molecule has 40 heavy (non-hydrogen) atoms. The van der Waals surface area contributed by atoms with Gasteiger partial charge < -0.3 is 9.64 Å². The highest BCUT2D eigenvalue weighted by molar-refractivity contribution is 7.89. The second kappa shape index (κ2) is 11.7. The molecule has 0 radical (unpaired) electrons. The molecule has 1 atom stereocenters. The molecule has 2 aliphatic rings. The van der Waals surface area contributed by atoms with Crippen LogP contribution >= 0.6 is 0 Å². The molecule has 2 heterocycles. The third-order valence-corrected chi connectivity index (χ3v) is 9.68. The molecule has 1 saturated carbocycles. The number of carbonyl (C=O) groups is 1. The van der Waals surface area contributed by atoms with Gasteiger partial charge in [-0.25, -0.2) is 31.3 Å². The number of sulfonamides is 2. The van der Waals surface area contributed by atoms with Gasteiger partial charge in [-0.3, -0.25) is 5.32 Å². The molecule has 1 amide bonds. The number of amides is 1. The molecule has 2 N–H and O–H groups in total. The van der Waals surface area contributed by atoms with Gasteiger partial charge in [0, 0.05) is 38.1 Å². The molecule has 1 aliphatic heterocycles. The number of benzene rings is 1. The van der Waals surface area contributed by atoms with Gasteiger partial charge in [0.1, 0.15) is 22.4 Å². The van der Waals surface area contributed by atoms with Crippen molar-refractivity contribution in [2.75, 3.05) is 36.4 Å². The van der Waals surface area contributed by atoms with Crippen molar-refractivity contribution in [2.45, 2.75) is 62.0 Å². The summed E-state index contributed by atoms with van der Waals surface area (Å²) >= 11 is 0. The minimum atomic E-state index is -3.88. The summed E-state index contributed by atoms with van der Waals surface area (Å²) in [5.41, 5.74) is 0.0742. The van der Waals surface area contributed by atoms with E-state index >= 15 is 0 Å². The summed E-state index contributed by atoms with van der Waals surface area (Å²) in [5, 5.41) is 2.48. The maximum atomic E-state index is 13.4. The van der Waals surface area contributed by atoms with Crippen LogP contribution in [0.25, 0.3) is 0 Å². The van der Waals surface area contributed by atoms with E-state index in [9.17, 15) is 21.6 Å². The molecular formula is C27H35N5O6S2. The first-order valence-corrected chi connectivity index (χ1v) is 16.0. The molecule has 13 heteroatoms. The third kappa shape index (κ3) is 7.51. The normalized spacial score (nSPS) is 18.5. The van der Waals surface area contributed by atoms with Crippen molar-refractivity contribution in [3.63, 3.8) is 0 Å². The Hall–Kier alpha value is -3.18.